The Kier molecular flexibility index (Phi) is 2.93. The maximum absolute atomic E-state index is 13.2. The summed E-state index contributed by atoms with van der Waals surface area (Å²) in [4.78, 5) is 3.85. The third-order valence-electron chi connectivity index (χ3n) is 1.78. The van der Waals surface area contributed by atoms with Gasteiger partial charge in [0, 0.05) is 23.9 Å². The van der Waals surface area contributed by atoms with Crippen LogP contribution in [0.3, 0.4) is 0 Å². The summed E-state index contributed by atoms with van der Waals surface area (Å²) in [5.41, 5.74) is 5.68. The van der Waals surface area contributed by atoms with Gasteiger partial charge in [0.15, 0.2) is 0 Å². The third-order valence-corrected chi connectivity index (χ3v) is 1.78. The molecule has 0 saturated carbocycles. The van der Waals surface area contributed by atoms with Crippen LogP contribution in [0.1, 0.15) is 17.7 Å². The van der Waals surface area contributed by atoms with Gasteiger partial charge in [-0.2, -0.15) is 0 Å². The van der Waals surface area contributed by atoms with Crippen molar-refractivity contribution in [2.45, 2.75) is 19.3 Å². The van der Waals surface area contributed by atoms with Gasteiger partial charge in [0.2, 0.25) is 0 Å². The van der Waals surface area contributed by atoms with Crippen LogP contribution in [0.15, 0.2) is 18.3 Å². The lowest BCUT2D eigenvalue weighted by Crippen LogP contribution is -2.18. The molecule has 0 bridgehead atoms. The summed E-state index contributed by atoms with van der Waals surface area (Å²) >= 11 is 0. The first-order valence-electron chi connectivity index (χ1n) is 4.07. The molecule has 0 aromatic carbocycles. The second-order valence-corrected chi connectivity index (χ2v) is 2.93. The molecule has 4 heteroatoms. The van der Waals surface area contributed by atoms with Crippen molar-refractivity contribution in [2.24, 2.45) is 5.73 Å². The molecule has 1 aromatic rings. The Hall–Kier alpha value is -1.03. The van der Waals surface area contributed by atoms with E-state index >= 15 is 0 Å². The van der Waals surface area contributed by atoms with Crippen molar-refractivity contribution in [3.05, 3.63) is 29.6 Å². The van der Waals surface area contributed by atoms with Gasteiger partial charge in [-0.3, -0.25) is 4.98 Å². The molecule has 0 amide bonds. The molecule has 13 heavy (non-hydrogen) atoms. The zero-order valence-corrected chi connectivity index (χ0v) is 7.43. The molecule has 0 saturated heterocycles. The van der Waals surface area contributed by atoms with E-state index in [0.29, 0.717) is 5.69 Å². The van der Waals surface area contributed by atoms with Gasteiger partial charge in [-0.1, -0.05) is 0 Å². The molecule has 2 nitrogen and oxygen atoms in total. The lowest BCUT2D eigenvalue weighted by atomic mass is 10.1. The Labute approximate surface area is 75.8 Å². The van der Waals surface area contributed by atoms with Gasteiger partial charge < -0.3 is 5.73 Å². The summed E-state index contributed by atoms with van der Waals surface area (Å²) in [6.07, 6.45) is 1.06. The Morgan fingerprint density at radius 2 is 2.23 bits per heavy atom. The van der Waals surface area contributed by atoms with Gasteiger partial charge in [-0.15, -0.1) is 0 Å². The summed E-state index contributed by atoms with van der Waals surface area (Å²) in [7, 11) is 0. The van der Waals surface area contributed by atoms with E-state index in [0.717, 1.165) is 0 Å². The number of pyridine rings is 1. The van der Waals surface area contributed by atoms with Crippen molar-refractivity contribution < 1.29 is 8.78 Å². The van der Waals surface area contributed by atoms with Crippen molar-refractivity contribution >= 4 is 0 Å². The fourth-order valence-corrected chi connectivity index (χ4v) is 1.10. The number of alkyl halides is 2. The molecular weight excluding hydrogens is 174 g/mol. The lowest BCUT2D eigenvalue weighted by Gasteiger charge is -2.15. The summed E-state index contributed by atoms with van der Waals surface area (Å²) in [5, 5.41) is 0. The van der Waals surface area contributed by atoms with Gasteiger partial charge in [-0.25, -0.2) is 8.78 Å². The fraction of sp³-hybridized carbons (Fsp3) is 0.444. The summed E-state index contributed by atoms with van der Waals surface area (Å²) < 4.78 is 26.5. The van der Waals surface area contributed by atoms with Crippen LogP contribution in [0, 0.1) is 6.92 Å². The molecule has 0 aliphatic carbocycles. The molecule has 0 atom stereocenters. The molecular formula is C9H12F2N2. The first kappa shape index (κ1) is 10.1. The molecule has 72 valence electrons. The Morgan fingerprint density at radius 3 is 2.77 bits per heavy atom. The molecule has 0 fully saturated rings. The second-order valence-electron chi connectivity index (χ2n) is 2.93. The molecule has 1 heterocycles. The maximum atomic E-state index is 13.2. The molecule has 0 spiro atoms. The first-order valence-corrected chi connectivity index (χ1v) is 4.07. The van der Waals surface area contributed by atoms with E-state index < -0.39 is 5.92 Å². The summed E-state index contributed by atoms with van der Waals surface area (Å²) in [6, 6.07) is 2.71. The van der Waals surface area contributed by atoms with Crippen LogP contribution in [0.2, 0.25) is 0 Å². The molecule has 0 radical (unpaired) electrons. The van der Waals surface area contributed by atoms with Crippen LogP contribution in [-0.2, 0) is 5.92 Å². The predicted octanol–water partition coefficient (Wildman–Crippen LogP) is 1.83. The highest BCUT2D eigenvalue weighted by atomic mass is 19.3. The van der Waals surface area contributed by atoms with E-state index in [1.165, 1.54) is 18.3 Å². The lowest BCUT2D eigenvalue weighted by molar-refractivity contribution is -0.0108. The van der Waals surface area contributed by atoms with Crippen molar-refractivity contribution in [1.29, 1.82) is 0 Å². The maximum Gasteiger partial charge on any atom is 0.274 e. The van der Waals surface area contributed by atoms with Crippen molar-refractivity contribution in [2.75, 3.05) is 6.54 Å². The smallest absolute Gasteiger partial charge is 0.274 e. The Morgan fingerprint density at radius 1 is 1.54 bits per heavy atom. The largest absolute Gasteiger partial charge is 0.330 e. The fourth-order valence-electron chi connectivity index (χ4n) is 1.10. The number of nitrogens with zero attached hydrogens (tertiary/aromatic N) is 1. The molecule has 0 unspecified atom stereocenters. The van der Waals surface area contributed by atoms with E-state index in [1.807, 2.05) is 0 Å². The van der Waals surface area contributed by atoms with Crippen LogP contribution in [-0.4, -0.2) is 11.5 Å². The average molecular weight is 186 g/mol. The van der Waals surface area contributed by atoms with E-state index in [4.69, 9.17) is 5.73 Å². The van der Waals surface area contributed by atoms with Crippen LogP contribution in [0.5, 0.6) is 0 Å². The van der Waals surface area contributed by atoms with Crippen LogP contribution >= 0.6 is 0 Å². The van der Waals surface area contributed by atoms with Gasteiger partial charge in [0.05, 0.1) is 0 Å². The van der Waals surface area contributed by atoms with Gasteiger partial charge in [0.1, 0.15) is 0 Å². The second kappa shape index (κ2) is 3.79. The molecule has 2 N–H and O–H groups in total. The zero-order valence-electron chi connectivity index (χ0n) is 7.43. The van der Waals surface area contributed by atoms with Crippen molar-refractivity contribution in [3.8, 4) is 0 Å². The van der Waals surface area contributed by atoms with E-state index in [2.05, 4.69) is 4.98 Å². The standard InChI is InChI=1S/C9H12F2N2/c1-7-6-8(2-5-13-7)9(10,11)3-4-12/h2,5-6H,3-4,12H2,1H3. The summed E-state index contributed by atoms with van der Waals surface area (Å²) in [5.74, 6) is -2.83. The molecule has 0 aliphatic rings. The molecule has 1 rings (SSSR count). The van der Waals surface area contributed by atoms with E-state index in [-0.39, 0.29) is 18.5 Å². The average Bonchev–Trinajstić information content (AvgIpc) is 2.04. The third kappa shape index (κ3) is 2.45. The van der Waals surface area contributed by atoms with Crippen molar-refractivity contribution in [3.63, 3.8) is 0 Å². The number of aromatic nitrogens is 1. The highest BCUT2D eigenvalue weighted by molar-refractivity contribution is 5.20. The summed E-state index contributed by atoms with van der Waals surface area (Å²) in [6.45, 7) is 1.66. The predicted molar refractivity (Wildman–Crippen MR) is 46.5 cm³/mol. The highest BCUT2D eigenvalue weighted by Crippen LogP contribution is 2.30. The van der Waals surface area contributed by atoms with E-state index in [1.54, 1.807) is 6.92 Å². The van der Waals surface area contributed by atoms with Gasteiger partial charge in [0.25, 0.3) is 5.92 Å². The topological polar surface area (TPSA) is 38.9 Å². The molecule has 0 aliphatic heterocycles. The highest BCUT2D eigenvalue weighted by Gasteiger charge is 2.30. The zero-order chi connectivity index (χ0) is 9.90. The van der Waals surface area contributed by atoms with Crippen molar-refractivity contribution in [1.82, 2.24) is 4.98 Å². The minimum atomic E-state index is -2.83. The van der Waals surface area contributed by atoms with Gasteiger partial charge in [-0.05, 0) is 25.6 Å². The Balaban J connectivity index is 2.93. The number of hydrogen-bond acceptors (Lipinski definition) is 2. The minimum absolute atomic E-state index is 0.00884. The van der Waals surface area contributed by atoms with Gasteiger partial charge >= 0.3 is 0 Å². The number of nitrogens with two attached hydrogens (primary N) is 1. The monoisotopic (exact) mass is 186 g/mol. The Bertz CT molecular complexity index is 287. The number of hydrogen-bond donors (Lipinski definition) is 1. The van der Waals surface area contributed by atoms with E-state index in [9.17, 15) is 8.78 Å². The molecule has 1 aromatic heterocycles. The first-order chi connectivity index (χ1) is 6.06. The normalized spacial score (nSPS) is 11.7. The number of aryl methyl sites for hydroxylation is 1. The van der Waals surface area contributed by atoms with Crippen LogP contribution in [0.4, 0.5) is 8.78 Å². The quantitative estimate of drug-likeness (QED) is 0.782. The number of rotatable bonds is 3. The van der Waals surface area contributed by atoms with Crippen LogP contribution in [0.25, 0.3) is 0 Å². The SMILES string of the molecule is Cc1cc(C(F)(F)CCN)ccn1. The van der Waals surface area contributed by atoms with Crippen LogP contribution < -0.4 is 5.73 Å². The number of halogens is 2. The minimum Gasteiger partial charge on any atom is -0.330 e.